The molecule has 0 aliphatic carbocycles. The molecule has 0 radical (unpaired) electrons. The number of thiazole rings is 1. The van der Waals surface area contributed by atoms with Gasteiger partial charge in [-0.3, -0.25) is 4.90 Å². The lowest BCUT2D eigenvalue weighted by Gasteiger charge is -2.29. The molecule has 2 rings (SSSR count). The van der Waals surface area contributed by atoms with Gasteiger partial charge >= 0.3 is 0 Å². The van der Waals surface area contributed by atoms with E-state index in [-0.39, 0.29) is 0 Å². The maximum Gasteiger partial charge on any atom is 0.0897 e. The first-order chi connectivity index (χ1) is 8.78. The summed E-state index contributed by atoms with van der Waals surface area (Å²) in [6.07, 6.45) is 6.00. The SMILES string of the molecule is CCCN(Cc1cnc(C)s1)CC1CCCNC1. The highest BCUT2D eigenvalue weighted by Gasteiger charge is 2.17. The van der Waals surface area contributed by atoms with Crippen LogP contribution in [0.25, 0.3) is 0 Å². The average Bonchev–Trinajstić information content (AvgIpc) is 2.76. The first-order valence-electron chi connectivity index (χ1n) is 7.12. The third-order valence-corrected chi connectivity index (χ3v) is 4.40. The van der Waals surface area contributed by atoms with Crippen LogP contribution in [0.3, 0.4) is 0 Å². The molecule has 1 N–H and O–H groups in total. The molecule has 3 nitrogen and oxygen atoms in total. The van der Waals surface area contributed by atoms with Gasteiger partial charge in [0.25, 0.3) is 0 Å². The largest absolute Gasteiger partial charge is 0.316 e. The van der Waals surface area contributed by atoms with Crippen molar-refractivity contribution >= 4 is 11.3 Å². The van der Waals surface area contributed by atoms with Crippen molar-refractivity contribution in [1.29, 1.82) is 0 Å². The fraction of sp³-hybridized carbons (Fsp3) is 0.786. The van der Waals surface area contributed by atoms with Crippen LogP contribution in [0.2, 0.25) is 0 Å². The molecule has 18 heavy (non-hydrogen) atoms. The Morgan fingerprint density at radius 1 is 1.56 bits per heavy atom. The Morgan fingerprint density at radius 2 is 2.44 bits per heavy atom. The van der Waals surface area contributed by atoms with Crippen LogP contribution in [0.4, 0.5) is 0 Å². The molecule has 2 heterocycles. The number of hydrogen-bond acceptors (Lipinski definition) is 4. The smallest absolute Gasteiger partial charge is 0.0897 e. The summed E-state index contributed by atoms with van der Waals surface area (Å²) in [5.74, 6) is 0.833. The Hall–Kier alpha value is -0.450. The molecule has 1 unspecified atom stereocenters. The average molecular weight is 267 g/mol. The van der Waals surface area contributed by atoms with Crippen molar-refractivity contribution in [3.63, 3.8) is 0 Å². The number of aryl methyl sites for hydroxylation is 1. The summed E-state index contributed by atoms with van der Waals surface area (Å²) in [7, 11) is 0. The van der Waals surface area contributed by atoms with Crippen molar-refractivity contribution in [3.05, 3.63) is 16.1 Å². The molecule has 1 aromatic heterocycles. The van der Waals surface area contributed by atoms with Gasteiger partial charge in [0.15, 0.2) is 0 Å². The summed E-state index contributed by atoms with van der Waals surface area (Å²) in [5, 5.41) is 4.70. The molecule has 0 aromatic carbocycles. The molecule has 0 amide bonds. The zero-order chi connectivity index (χ0) is 12.8. The molecule has 1 aromatic rings. The van der Waals surface area contributed by atoms with Crippen molar-refractivity contribution < 1.29 is 0 Å². The van der Waals surface area contributed by atoms with Gasteiger partial charge in [-0.15, -0.1) is 11.3 Å². The molecular formula is C14H25N3S. The Kier molecular flexibility index (Phi) is 5.60. The van der Waals surface area contributed by atoms with Gasteiger partial charge in [-0.1, -0.05) is 6.92 Å². The fourth-order valence-electron chi connectivity index (χ4n) is 2.69. The van der Waals surface area contributed by atoms with Gasteiger partial charge in [0, 0.05) is 24.2 Å². The lowest BCUT2D eigenvalue weighted by molar-refractivity contribution is 0.202. The van der Waals surface area contributed by atoms with Crippen LogP contribution < -0.4 is 5.32 Å². The minimum absolute atomic E-state index is 0.833. The van der Waals surface area contributed by atoms with Crippen LogP contribution in [0.1, 0.15) is 36.1 Å². The molecule has 1 aliphatic heterocycles. The fourth-order valence-corrected chi connectivity index (χ4v) is 3.53. The molecule has 0 saturated carbocycles. The molecule has 0 bridgehead atoms. The summed E-state index contributed by atoms with van der Waals surface area (Å²) in [6.45, 7) is 10.3. The highest BCUT2D eigenvalue weighted by Crippen LogP contribution is 2.17. The molecular weight excluding hydrogens is 242 g/mol. The van der Waals surface area contributed by atoms with Crippen LogP contribution in [0.5, 0.6) is 0 Å². The number of rotatable bonds is 6. The van der Waals surface area contributed by atoms with E-state index in [1.165, 1.54) is 55.3 Å². The summed E-state index contributed by atoms with van der Waals surface area (Å²) in [4.78, 5) is 8.37. The Morgan fingerprint density at radius 3 is 3.06 bits per heavy atom. The van der Waals surface area contributed by atoms with Crippen LogP contribution in [-0.4, -0.2) is 36.1 Å². The van der Waals surface area contributed by atoms with Gasteiger partial charge in [-0.05, 0) is 51.7 Å². The number of aromatic nitrogens is 1. The van der Waals surface area contributed by atoms with E-state index in [4.69, 9.17) is 0 Å². The Balaban J connectivity index is 1.86. The van der Waals surface area contributed by atoms with Gasteiger partial charge in [0.05, 0.1) is 5.01 Å². The minimum atomic E-state index is 0.833. The van der Waals surface area contributed by atoms with Crippen LogP contribution in [0, 0.1) is 12.8 Å². The second kappa shape index (κ2) is 7.22. The van der Waals surface area contributed by atoms with E-state index in [9.17, 15) is 0 Å². The molecule has 1 atom stereocenters. The summed E-state index contributed by atoms with van der Waals surface area (Å²) >= 11 is 1.84. The van der Waals surface area contributed by atoms with Crippen molar-refractivity contribution in [3.8, 4) is 0 Å². The predicted octanol–water partition coefficient (Wildman–Crippen LogP) is 2.66. The topological polar surface area (TPSA) is 28.2 Å². The van der Waals surface area contributed by atoms with Crippen LogP contribution >= 0.6 is 11.3 Å². The molecule has 1 aliphatic rings. The monoisotopic (exact) mass is 267 g/mol. The van der Waals surface area contributed by atoms with Gasteiger partial charge < -0.3 is 5.32 Å². The van der Waals surface area contributed by atoms with E-state index < -0.39 is 0 Å². The third-order valence-electron chi connectivity index (χ3n) is 3.50. The number of nitrogens with one attached hydrogen (secondary N) is 1. The van der Waals surface area contributed by atoms with Crippen molar-refractivity contribution in [2.75, 3.05) is 26.2 Å². The number of piperidine rings is 1. The van der Waals surface area contributed by atoms with E-state index in [1.807, 2.05) is 17.5 Å². The third kappa shape index (κ3) is 4.34. The normalized spacial score (nSPS) is 20.5. The molecule has 1 fully saturated rings. The predicted molar refractivity (Wildman–Crippen MR) is 78.0 cm³/mol. The van der Waals surface area contributed by atoms with E-state index in [0.29, 0.717) is 0 Å². The van der Waals surface area contributed by atoms with Crippen molar-refractivity contribution in [1.82, 2.24) is 15.2 Å². The van der Waals surface area contributed by atoms with E-state index in [1.54, 1.807) is 0 Å². The molecule has 4 heteroatoms. The minimum Gasteiger partial charge on any atom is -0.316 e. The second-order valence-electron chi connectivity index (χ2n) is 5.29. The summed E-state index contributed by atoms with van der Waals surface area (Å²) in [5.41, 5.74) is 0. The van der Waals surface area contributed by atoms with Crippen LogP contribution in [-0.2, 0) is 6.54 Å². The highest BCUT2D eigenvalue weighted by atomic mass is 32.1. The first kappa shape index (κ1) is 14.0. The zero-order valence-corrected chi connectivity index (χ0v) is 12.4. The van der Waals surface area contributed by atoms with E-state index >= 15 is 0 Å². The lowest BCUT2D eigenvalue weighted by atomic mass is 9.99. The van der Waals surface area contributed by atoms with Gasteiger partial charge in [0.1, 0.15) is 0 Å². The van der Waals surface area contributed by atoms with Gasteiger partial charge in [-0.25, -0.2) is 4.98 Å². The lowest BCUT2D eigenvalue weighted by Crippen LogP contribution is -2.38. The second-order valence-corrected chi connectivity index (χ2v) is 6.61. The molecule has 102 valence electrons. The van der Waals surface area contributed by atoms with Crippen molar-refractivity contribution in [2.24, 2.45) is 5.92 Å². The highest BCUT2D eigenvalue weighted by molar-refractivity contribution is 7.11. The Bertz CT molecular complexity index is 345. The standard InChI is InChI=1S/C14H25N3S/c1-3-7-17(10-13-5-4-6-15-8-13)11-14-9-16-12(2)18-14/h9,13,15H,3-8,10-11H2,1-2H3. The van der Waals surface area contributed by atoms with E-state index in [2.05, 4.69) is 29.0 Å². The maximum atomic E-state index is 4.36. The molecule has 0 spiro atoms. The number of hydrogen-bond donors (Lipinski definition) is 1. The maximum absolute atomic E-state index is 4.36. The van der Waals surface area contributed by atoms with Crippen LogP contribution in [0.15, 0.2) is 6.20 Å². The van der Waals surface area contributed by atoms with Crippen molar-refractivity contribution in [2.45, 2.75) is 39.7 Å². The molecule has 1 saturated heterocycles. The Labute approximate surface area is 115 Å². The number of nitrogens with zero attached hydrogens (tertiary/aromatic N) is 2. The summed E-state index contributed by atoms with van der Waals surface area (Å²) < 4.78 is 0. The quantitative estimate of drug-likeness (QED) is 0.859. The first-order valence-corrected chi connectivity index (χ1v) is 7.94. The zero-order valence-electron chi connectivity index (χ0n) is 11.6. The van der Waals surface area contributed by atoms with Gasteiger partial charge in [0.2, 0.25) is 0 Å². The summed E-state index contributed by atoms with van der Waals surface area (Å²) in [6, 6.07) is 0. The van der Waals surface area contributed by atoms with E-state index in [0.717, 1.165) is 12.5 Å². The van der Waals surface area contributed by atoms with Gasteiger partial charge in [-0.2, -0.15) is 0 Å².